The zero-order valence-corrected chi connectivity index (χ0v) is 19.9. The van der Waals surface area contributed by atoms with Gasteiger partial charge in [-0.05, 0) is 76.1 Å². The Labute approximate surface area is 195 Å². The molecule has 1 N–H and O–H groups in total. The van der Waals surface area contributed by atoms with Crippen molar-refractivity contribution in [2.24, 2.45) is 5.92 Å². The molecule has 3 aromatic rings. The molecule has 0 bridgehead atoms. The van der Waals surface area contributed by atoms with Crippen molar-refractivity contribution in [1.82, 2.24) is 9.55 Å². The second kappa shape index (κ2) is 9.05. The SMILES string of the molecule is [B]c1cc(Cl)c(-n2c(C)c(C)c3c(N4CCC(CCCO)CC4)cc(C)nc32)c(Cl)c1. The fraction of sp³-hybridized carbons (Fsp3) is 0.458. The Morgan fingerprint density at radius 3 is 2.35 bits per heavy atom. The Bertz CT molecular complexity index is 1100. The third-order valence-corrected chi connectivity index (χ3v) is 7.14. The molecule has 1 aliphatic rings. The van der Waals surface area contributed by atoms with Gasteiger partial charge in [0.25, 0.3) is 0 Å². The van der Waals surface area contributed by atoms with Crippen molar-refractivity contribution in [1.29, 1.82) is 0 Å². The molecule has 2 aromatic heterocycles. The van der Waals surface area contributed by atoms with Crippen LogP contribution in [0.1, 0.15) is 42.6 Å². The van der Waals surface area contributed by atoms with Gasteiger partial charge in [-0.2, -0.15) is 0 Å². The summed E-state index contributed by atoms with van der Waals surface area (Å²) in [5.74, 6) is 0.696. The van der Waals surface area contributed by atoms with E-state index < -0.39 is 0 Å². The minimum Gasteiger partial charge on any atom is -0.396 e. The molecule has 2 radical (unpaired) electrons. The molecule has 0 spiro atoms. The molecule has 7 heteroatoms. The fourth-order valence-corrected chi connectivity index (χ4v) is 5.51. The van der Waals surface area contributed by atoms with Crippen molar-refractivity contribution in [2.75, 3.05) is 24.6 Å². The summed E-state index contributed by atoms with van der Waals surface area (Å²) < 4.78 is 2.07. The monoisotopic (exact) mass is 455 g/mol. The molecule has 0 saturated carbocycles. The number of halogens is 2. The van der Waals surface area contributed by atoms with Crippen LogP contribution in [-0.2, 0) is 0 Å². The number of fused-ring (bicyclic) bond motifs is 1. The van der Waals surface area contributed by atoms with Crippen LogP contribution in [0.2, 0.25) is 10.0 Å². The summed E-state index contributed by atoms with van der Waals surface area (Å²) >= 11 is 13.2. The molecule has 1 fully saturated rings. The average Bonchev–Trinajstić information content (AvgIpc) is 2.96. The summed E-state index contributed by atoms with van der Waals surface area (Å²) in [6.07, 6.45) is 4.31. The number of aromatic nitrogens is 2. The standard InChI is InChI=1S/C24H28BCl2N3O/c1-14-11-21(29-8-6-17(7-9-29)5-4-10-31)22-15(2)16(3)30(24(22)28-14)23-19(26)12-18(25)13-20(23)27/h11-13,17,31H,4-10H2,1-3H3. The lowest BCUT2D eigenvalue weighted by Crippen LogP contribution is -2.34. The van der Waals surface area contributed by atoms with E-state index in [2.05, 4.69) is 29.4 Å². The summed E-state index contributed by atoms with van der Waals surface area (Å²) in [5.41, 5.74) is 6.58. The van der Waals surface area contributed by atoms with Crippen LogP contribution in [0.15, 0.2) is 18.2 Å². The molecular weight excluding hydrogens is 428 g/mol. The highest BCUT2D eigenvalue weighted by molar-refractivity contribution is 6.42. The van der Waals surface area contributed by atoms with Gasteiger partial charge in [-0.25, -0.2) is 4.98 Å². The number of piperidine rings is 1. The maximum Gasteiger partial charge on any atom is 0.147 e. The summed E-state index contributed by atoms with van der Waals surface area (Å²) in [6.45, 7) is 8.57. The second-order valence-electron chi connectivity index (χ2n) is 8.66. The van der Waals surface area contributed by atoms with E-state index in [1.807, 2.05) is 6.92 Å². The zero-order chi connectivity index (χ0) is 22.3. The first-order chi connectivity index (χ1) is 14.8. The first kappa shape index (κ1) is 22.5. The van der Waals surface area contributed by atoms with E-state index >= 15 is 0 Å². The first-order valence-electron chi connectivity index (χ1n) is 10.9. The van der Waals surface area contributed by atoms with Gasteiger partial charge in [0.2, 0.25) is 0 Å². The van der Waals surface area contributed by atoms with Crippen molar-refractivity contribution in [3.05, 3.63) is 45.2 Å². The van der Waals surface area contributed by atoms with Gasteiger partial charge in [0.05, 0.1) is 15.7 Å². The lowest BCUT2D eigenvalue weighted by atomic mass is 9.92. The topological polar surface area (TPSA) is 41.3 Å². The number of rotatable bonds is 5. The van der Waals surface area contributed by atoms with Crippen LogP contribution in [0.5, 0.6) is 0 Å². The van der Waals surface area contributed by atoms with E-state index in [0.29, 0.717) is 21.4 Å². The largest absolute Gasteiger partial charge is 0.396 e. The third-order valence-electron chi connectivity index (χ3n) is 6.56. The summed E-state index contributed by atoms with van der Waals surface area (Å²) in [7, 11) is 5.94. The highest BCUT2D eigenvalue weighted by Crippen LogP contribution is 2.39. The highest BCUT2D eigenvalue weighted by atomic mass is 35.5. The molecule has 162 valence electrons. The van der Waals surface area contributed by atoms with Crippen LogP contribution in [0.4, 0.5) is 5.69 Å². The second-order valence-corrected chi connectivity index (χ2v) is 9.47. The van der Waals surface area contributed by atoms with Gasteiger partial charge in [-0.1, -0.05) is 28.7 Å². The Morgan fingerprint density at radius 2 is 1.74 bits per heavy atom. The Kier molecular flexibility index (Phi) is 6.57. The van der Waals surface area contributed by atoms with Crippen molar-refractivity contribution in [3.8, 4) is 5.69 Å². The molecule has 4 nitrogen and oxygen atoms in total. The summed E-state index contributed by atoms with van der Waals surface area (Å²) in [4.78, 5) is 7.39. The van der Waals surface area contributed by atoms with E-state index in [9.17, 15) is 0 Å². The summed E-state index contributed by atoms with van der Waals surface area (Å²) in [5, 5.41) is 11.3. The maximum atomic E-state index is 9.14. The number of nitrogens with zero attached hydrogens (tertiary/aromatic N) is 3. The number of aryl methyl sites for hydroxylation is 2. The van der Waals surface area contributed by atoms with E-state index in [1.54, 1.807) is 12.1 Å². The molecule has 3 heterocycles. The number of aliphatic hydroxyl groups excluding tert-OH is 1. The van der Waals surface area contributed by atoms with E-state index in [0.717, 1.165) is 66.9 Å². The molecule has 1 aliphatic heterocycles. The molecule has 0 atom stereocenters. The van der Waals surface area contributed by atoms with Crippen molar-refractivity contribution < 1.29 is 5.11 Å². The number of hydrogen-bond acceptors (Lipinski definition) is 3. The average molecular weight is 456 g/mol. The summed E-state index contributed by atoms with van der Waals surface area (Å²) in [6, 6.07) is 5.66. The quantitative estimate of drug-likeness (QED) is 0.548. The predicted molar refractivity (Wildman–Crippen MR) is 132 cm³/mol. The molecular formula is C24H28BCl2N3O. The van der Waals surface area contributed by atoms with Crippen LogP contribution in [0, 0.1) is 26.7 Å². The lowest BCUT2D eigenvalue weighted by Gasteiger charge is -2.34. The molecule has 1 saturated heterocycles. The van der Waals surface area contributed by atoms with E-state index in [1.165, 1.54) is 11.3 Å². The maximum absolute atomic E-state index is 9.14. The highest BCUT2D eigenvalue weighted by Gasteiger charge is 2.25. The molecule has 1 aromatic carbocycles. The normalized spacial score (nSPS) is 15.2. The van der Waals surface area contributed by atoms with Gasteiger partial charge in [0.15, 0.2) is 0 Å². The number of aliphatic hydroxyl groups is 1. The number of pyridine rings is 1. The fourth-order valence-electron chi connectivity index (χ4n) is 4.83. The minimum absolute atomic E-state index is 0.284. The van der Waals surface area contributed by atoms with Crippen molar-refractivity contribution in [3.63, 3.8) is 0 Å². The van der Waals surface area contributed by atoms with Crippen LogP contribution >= 0.6 is 23.2 Å². The van der Waals surface area contributed by atoms with Crippen LogP contribution < -0.4 is 10.4 Å². The van der Waals surface area contributed by atoms with Crippen LogP contribution in [0.25, 0.3) is 16.7 Å². The smallest absolute Gasteiger partial charge is 0.147 e. The van der Waals surface area contributed by atoms with Gasteiger partial charge in [0.1, 0.15) is 13.5 Å². The van der Waals surface area contributed by atoms with E-state index in [-0.39, 0.29) is 6.61 Å². The zero-order valence-electron chi connectivity index (χ0n) is 18.4. The predicted octanol–water partition coefficient (Wildman–Crippen LogP) is 5.04. The van der Waals surface area contributed by atoms with Crippen molar-refractivity contribution in [2.45, 2.75) is 46.5 Å². The van der Waals surface area contributed by atoms with Crippen molar-refractivity contribution >= 4 is 53.2 Å². The minimum atomic E-state index is 0.284. The molecule has 0 amide bonds. The third kappa shape index (κ3) is 4.20. The Morgan fingerprint density at radius 1 is 1.10 bits per heavy atom. The van der Waals surface area contributed by atoms with Gasteiger partial charge >= 0.3 is 0 Å². The van der Waals surface area contributed by atoms with Gasteiger partial charge < -0.3 is 10.0 Å². The van der Waals surface area contributed by atoms with Gasteiger partial charge in [-0.3, -0.25) is 4.57 Å². The first-order valence-corrected chi connectivity index (χ1v) is 11.7. The van der Waals surface area contributed by atoms with Crippen LogP contribution in [0.3, 0.4) is 0 Å². The number of hydrogen-bond donors (Lipinski definition) is 1. The molecule has 4 rings (SSSR count). The lowest BCUT2D eigenvalue weighted by molar-refractivity contribution is 0.261. The van der Waals surface area contributed by atoms with Gasteiger partial charge in [-0.15, -0.1) is 0 Å². The number of anilines is 1. The Hall–Kier alpha value is -1.69. The molecule has 31 heavy (non-hydrogen) atoms. The molecule has 0 unspecified atom stereocenters. The Balaban J connectivity index is 1.82. The van der Waals surface area contributed by atoms with Crippen LogP contribution in [-0.4, -0.2) is 42.2 Å². The molecule has 0 aliphatic carbocycles. The van der Waals surface area contributed by atoms with E-state index in [4.69, 9.17) is 41.1 Å². The van der Waals surface area contributed by atoms with Gasteiger partial charge in [0, 0.05) is 42.2 Å². The number of benzene rings is 1.